The summed E-state index contributed by atoms with van der Waals surface area (Å²) >= 11 is 3.25. The first-order valence-corrected chi connectivity index (χ1v) is 7.99. The monoisotopic (exact) mass is 356 g/mol. The third-order valence-corrected chi connectivity index (χ3v) is 4.44. The Morgan fingerprint density at radius 3 is 2.65 bits per heavy atom. The van der Waals surface area contributed by atoms with Crippen LogP contribution >= 0.6 is 15.9 Å². The molecule has 1 aromatic heterocycles. The number of hydrogen-bond acceptors (Lipinski definition) is 4. The van der Waals surface area contributed by atoms with Gasteiger partial charge in [0.05, 0.1) is 7.11 Å². The van der Waals surface area contributed by atoms with Crippen LogP contribution in [-0.4, -0.2) is 20.5 Å². The molecule has 0 saturated carbocycles. The summed E-state index contributed by atoms with van der Waals surface area (Å²) in [4.78, 5) is 4.04. The van der Waals surface area contributed by atoms with E-state index in [1.807, 2.05) is 6.92 Å². The molecule has 2 rings (SSSR count). The van der Waals surface area contributed by atoms with Crippen LogP contribution < -0.4 is 9.46 Å². The molecule has 2 aromatic rings. The Kier molecular flexibility index (Phi) is 4.29. The summed E-state index contributed by atoms with van der Waals surface area (Å²) in [6.07, 6.45) is 1.55. The normalized spacial score (nSPS) is 11.2. The number of pyridine rings is 1. The van der Waals surface area contributed by atoms with Crippen LogP contribution in [0, 0.1) is 6.92 Å². The van der Waals surface area contributed by atoms with Gasteiger partial charge in [0.2, 0.25) is 0 Å². The maximum absolute atomic E-state index is 12.4. The highest BCUT2D eigenvalue weighted by Gasteiger charge is 2.20. The number of nitrogens with zero attached hydrogens (tertiary/aromatic N) is 1. The minimum absolute atomic E-state index is 0.0534. The van der Waals surface area contributed by atoms with Crippen molar-refractivity contribution >= 4 is 31.8 Å². The molecule has 1 heterocycles. The van der Waals surface area contributed by atoms with Crippen LogP contribution in [0.1, 0.15) is 5.56 Å². The van der Waals surface area contributed by atoms with Gasteiger partial charge in [-0.2, -0.15) is 0 Å². The van der Waals surface area contributed by atoms with Gasteiger partial charge in [0, 0.05) is 10.7 Å². The number of halogens is 1. The molecular weight excluding hydrogens is 344 g/mol. The third kappa shape index (κ3) is 3.29. The molecule has 5 nitrogen and oxygen atoms in total. The Morgan fingerprint density at radius 1 is 1.25 bits per heavy atom. The summed E-state index contributed by atoms with van der Waals surface area (Å²) in [7, 11) is -2.34. The smallest absolute Gasteiger partial charge is 0.266 e. The van der Waals surface area contributed by atoms with E-state index >= 15 is 0 Å². The van der Waals surface area contributed by atoms with Crippen molar-refractivity contribution in [3.8, 4) is 5.75 Å². The lowest BCUT2D eigenvalue weighted by Crippen LogP contribution is -2.15. The standard InChI is InChI=1S/C13H13BrN2O3S/c1-9-5-6-15-13(7-9)16-20(17,18)12-8-10(14)3-4-11(12)19-2/h3-8H,1-2H3,(H,15,16). The molecule has 0 unspecified atom stereocenters. The van der Waals surface area contributed by atoms with Crippen LogP contribution in [0.15, 0.2) is 45.9 Å². The van der Waals surface area contributed by atoms with Gasteiger partial charge < -0.3 is 4.74 Å². The van der Waals surface area contributed by atoms with Crippen LogP contribution in [0.25, 0.3) is 0 Å². The predicted octanol–water partition coefficient (Wildman–Crippen LogP) is 2.96. The number of nitrogens with one attached hydrogen (secondary N) is 1. The fourth-order valence-electron chi connectivity index (χ4n) is 1.65. The van der Waals surface area contributed by atoms with Crippen molar-refractivity contribution in [2.45, 2.75) is 11.8 Å². The summed E-state index contributed by atoms with van der Waals surface area (Å²) in [5.41, 5.74) is 0.916. The number of sulfonamides is 1. The van der Waals surface area contributed by atoms with Crippen molar-refractivity contribution in [2.24, 2.45) is 0 Å². The Bertz CT molecular complexity index is 732. The maximum Gasteiger partial charge on any atom is 0.266 e. The van der Waals surface area contributed by atoms with Gasteiger partial charge in [-0.3, -0.25) is 4.72 Å². The Morgan fingerprint density at radius 2 is 2.00 bits per heavy atom. The molecule has 0 amide bonds. The lowest BCUT2D eigenvalue weighted by molar-refractivity contribution is 0.403. The molecule has 0 radical (unpaired) electrons. The van der Waals surface area contributed by atoms with Gasteiger partial charge in [-0.05, 0) is 42.8 Å². The fourth-order valence-corrected chi connectivity index (χ4v) is 3.35. The minimum atomic E-state index is -3.76. The van der Waals surface area contributed by atoms with E-state index in [9.17, 15) is 8.42 Å². The van der Waals surface area contributed by atoms with Gasteiger partial charge in [-0.15, -0.1) is 0 Å². The third-order valence-electron chi connectivity index (χ3n) is 2.57. The number of rotatable bonds is 4. The van der Waals surface area contributed by atoms with E-state index in [1.54, 1.807) is 30.5 Å². The second-order valence-corrected chi connectivity index (χ2v) is 6.69. The summed E-state index contributed by atoms with van der Waals surface area (Å²) in [6.45, 7) is 1.86. The quantitative estimate of drug-likeness (QED) is 0.914. The number of ether oxygens (including phenoxy) is 1. The molecule has 1 N–H and O–H groups in total. The van der Waals surface area contributed by atoms with Crippen LogP contribution in [0.2, 0.25) is 0 Å². The molecule has 106 valence electrons. The van der Waals surface area contributed by atoms with E-state index in [-0.39, 0.29) is 16.5 Å². The van der Waals surface area contributed by atoms with E-state index in [0.717, 1.165) is 5.56 Å². The Labute approximate surface area is 126 Å². The first-order chi connectivity index (χ1) is 9.42. The molecule has 0 aliphatic heterocycles. The first kappa shape index (κ1) is 14.8. The summed E-state index contributed by atoms with van der Waals surface area (Å²) in [5, 5.41) is 0. The molecule has 0 aliphatic carbocycles. The van der Waals surface area contributed by atoms with E-state index in [1.165, 1.54) is 13.2 Å². The van der Waals surface area contributed by atoms with Crippen molar-refractivity contribution < 1.29 is 13.2 Å². The van der Waals surface area contributed by atoms with Crippen molar-refractivity contribution in [3.05, 3.63) is 46.6 Å². The number of anilines is 1. The molecule has 0 spiro atoms. The highest BCUT2D eigenvalue weighted by molar-refractivity contribution is 9.10. The van der Waals surface area contributed by atoms with Gasteiger partial charge in [0.1, 0.15) is 16.5 Å². The van der Waals surface area contributed by atoms with E-state index in [4.69, 9.17) is 4.74 Å². The summed E-state index contributed by atoms with van der Waals surface area (Å²) < 4.78 is 33.0. The van der Waals surface area contributed by atoms with Crippen molar-refractivity contribution in [1.29, 1.82) is 0 Å². The summed E-state index contributed by atoms with van der Waals surface area (Å²) in [5.74, 6) is 0.542. The second-order valence-electron chi connectivity index (χ2n) is 4.12. The average molecular weight is 357 g/mol. The van der Waals surface area contributed by atoms with Gasteiger partial charge in [-0.1, -0.05) is 15.9 Å². The lowest BCUT2D eigenvalue weighted by Gasteiger charge is -2.11. The number of methoxy groups -OCH3 is 1. The van der Waals surface area contributed by atoms with Crippen LogP contribution in [0.5, 0.6) is 5.75 Å². The number of aryl methyl sites for hydroxylation is 1. The van der Waals surface area contributed by atoms with Crippen LogP contribution in [0.4, 0.5) is 5.82 Å². The molecule has 20 heavy (non-hydrogen) atoms. The average Bonchev–Trinajstić information content (AvgIpc) is 2.38. The SMILES string of the molecule is COc1ccc(Br)cc1S(=O)(=O)Nc1cc(C)ccn1. The Balaban J connectivity index is 2.43. The number of hydrogen-bond donors (Lipinski definition) is 1. The van der Waals surface area contributed by atoms with Crippen molar-refractivity contribution in [1.82, 2.24) is 4.98 Å². The number of benzene rings is 1. The molecule has 7 heteroatoms. The molecule has 1 aromatic carbocycles. The largest absolute Gasteiger partial charge is 0.495 e. The van der Waals surface area contributed by atoms with Crippen LogP contribution in [0.3, 0.4) is 0 Å². The minimum Gasteiger partial charge on any atom is -0.495 e. The first-order valence-electron chi connectivity index (χ1n) is 5.71. The van der Waals surface area contributed by atoms with E-state index in [2.05, 4.69) is 25.6 Å². The lowest BCUT2D eigenvalue weighted by atomic mass is 10.3. The second kappa shape index (κ2) is 5.80. The topological polar surface area (TPSA) is 68.3 Å². The number of aromatic nitrogens is 1. The van der Waals surface area contributed by atoms with Crippen molar-refractivity contribution in [2.75, 3.05) is 11.8 Å². The zero-order chi connectivity index (χ0) is 14.8. The fraction of sp³-hybridized carbons (Fsp3) is 0.154. The molecule has 0 fully saturated rings. The zero-order valence-electron chi connectivity index (χ0n) is 10.9. The van der Waals surface area contributed by atoms with E-state index in [0.29, 0.717) is 4.47 Å². The van der Waals surface area contributed by atoms with Crippen molar-refractivity contribution in [3.63, 3.8) is 0 Å². The van der Waals surface area contributed by atoms with Gasteiger partial charge in [0.25, 0.3) is 10.0 Å². The zero-order valence-corrected chi connectivity index (χ0v) is 13.3. The molecule has 0 bridgehead atoms. The molecule has 0 saturated heterocycles. The highest BCUT2D eigenvalue weighted by atomic mass is 79.9. The summed E-state index contributed by atoms with van der Waals surface area (Å²) in [6, 6.07) is 8.22. The predicted molar refractivity (Wildman–Crippen MR) is 80.5 cm³/mol. The van der Waals surface area contributed by atoms with Gasteiger partial charge in [-0.25, -0.2) is 13.4 Å². The van der Waals surface area contributed by atoms with Crippen LogP contribution in [-0.2, 0) is 10.0 Å². The molecule has 0 aliphatic rings. The van der Waals surface area contributed by atoms with Gasteiger partial charge in [0.15, 0.2) is 0 Å². The van der Waals surface area contributed by atoms with Gasteiger partial charge >= 0.3 is 0 Å². The maximum atomic E-state index is 12.4. The van der Waals surface area contributed by atoms with E-state index < -0.39 is 10.0 Å². The Hall–Kier alpha value is -1.60. The molecular formula is C13H13BrN2O3S. The molecule has 0 atom stereocenters. The highest BCUT2D eigenvalue weighted by Crippen LogP contribution is 2.28.